The third-order valence-corrected chi connectivity index (χ3v) is 4.50. The van der Waals surface area contributed by atoms with Crippen LogP contribution in [0.1, 0.15) is 35.0 Å². The number of aromatic nitrogens is 1. The van der Waals surface area contributed by atoms with E-state index in [9.17, 15) is 0 Å². The summed E-state index contributed by atoms with van der Waals surface area (Å²) in [5.41, 5.74) is 12.3. The molecule has 2 rings (SSSR count). The average Bonchev–Trinajstić information content (AvgIpc) is 2.82. The second-order valence-electron chi connectivity index (χ2n) is 5.25. The predicted molar refractivity (Wildman–Crippen MR) is 83.7 cm³/mol. The van der Waals surface area contributed by atoms with Crippen LogP contribution in [0, 0.1) is 20.8 Å². The minimum Gasteiger partial charge on any atom is -0.327 e. The summed E-state index contributed by atoms with van der Waals surface area (Å²) in [6.07, 6.45) is 1.88. The van der Waals surface area contributed by atoms with Gasteiger partial charge in [-0.05, 0) is 49.9 Å². The molecule has 0 bridgehead atoms. The fraction of sp³-hybridized carbons (Fsp3) is 0.438. The second-order valence-corrected chi connectivity index (χ2v) is 6.19. The highest BCUT2D eigenvalue weighted by Gasteiger charge is 2.10. The van der Waals surface area contributed by atoms with Gasteiger partial charge in [0.2, 0.25) is 0 Å². The molecule has 1 aromatic carbocycles. The van der Waals surface area contributed by atoms with Gasteiger partial charge in [0.05, 0.1) is 10.7 Å². The molecule has 0 aliphatic carbocycles. The number of benzene rings is 1. The van der Waals surface area contributed by atoms with Gasteiger partial charge in [-0.25, -0.2) is 4.98 Å². The van der Waals surface area contributed by atoms with Gasteiger partial charge in [0.15, 0.2) is 0 Å². The number of hydrogen-bond donors (Lipinski definition) is 1. The van der Waals surface area contributed by atoms with E-state index in [1.54, 1.807) is 11.3 Å². The maximum atomic E-state index is 5.99. The van der Waals surface area contributed by atoms with Crippen LogP contribution in [-0.2, 0) is 6.42 Å². The number of nitrogens with zero attached hydrogens (tertiary/aromatic N) is 1. The first kappa shape index (κ1) is 14.2. The molecule has 1 atom stereocenters. The molecule has 1 aromatic heterocycles. The molecule has 0 radical (unpaired) electrons. The van der Waals surface area contributed by atoms with E-state index in [0.29, 0.717) is 0 Å². The molecular formula is C16H22N2S. The lowest BCUT2D eigenvalue weighted by Crippen LogP contribution is -2.21. The van der Waals surface area contributed by atoms with Crippen molar-refractivity contribution in [2.24, 2.45) is 5.73 Å². The van der Waals surface area contributed by atoms with Crippen molar-refractivity contribution in [1.29, 1.82) is 0 Å². The van der Waals surface area contributed by atoms with Gasteiger partial charge in [0, 0.05) is 23.4 Å². The Balaban J connectivity index is 2.30. The Morgan fingerprint density at radius 2 is 1.84 bits per heavy atom. The van der Waals surface area contributed by atoms with E-state index < -0.39 is 0 Å². The van der Waals surface area contributed by atoms with Crippen LogP contribution < -0.4 is 5.73 Å². The Bertz CT molecular complexity index is 572. The minimum atomic E-state index is 0.222. The van der Waals surface area contributed by atoms with Crippen molar-refractivity contribution in [3.05, 3.63) is 39.2 Å². The molecule has 2 aromatic rings. The smallest absolute Gasteiger partial charge is 0.0948 e. The Labute approximate surface area is 119 Å². The lowest BCUT2D eigenvalue weighted by Gasteiger charge is -2.08. The van der Waals surface area contributed by atoms with Crippen LogP contribution in [0.3, 0.4) is 0 Å². The molecule has 0 amide bonds. The summed E-state index contributed by atoms with van der Waals surface area (Å²) >= 11 is 1.72. The van der Waals surface area contributed by atoms with E-state index in [4.69, 9.17) is 10.7 Å². The van der Waals surface area contributed by atoms with E-state index in [1.807, 2.05) is 0 Å². The van der Waals surface area contributed by atoms with E-state index in [1.165, 1.54) is 22.3 Å². The van der Waals surface area contributed by atoms with Gasteiger partial charge < -0.3 is 5.73 Å². The Morgan fingerprint density at radius 1 is 1.16 bits per heavy atom. The maximum Gasteiger partial charge on any atom is 0.0948 e. The van der Waals surface area contributed by atoms with E-state index in [0.717, 1.165) is 23.5 Å². The van der Waals surface area contributed by atoms with Gasteiger partial charge in [-0.15, -0.1) is 11.3 Å². The SMILES string of the molecule is CCC(N)Cc1nc(-c2cc(C)c(C)cc2C)cs1. The number of rotatable bonds is 4. The van der Waals surface area contributed by atoms with Gasteiger partial charge >= 0.3 is 0 Å². The molecule has 0 saturated heterocycles. The summed E-state index contributed by atoms with van der Waals surface area (Å²) in [5, 5.41) is 3.29. The monoisotopic (exact) mass is 274 g/mol. The minimum absolute atomic E-state index is 0.222. The lowest BCUT2D eigenvalue weighted by atomic mass is 9.99. The first-order chi connectivity index (χ1) is 9.01. The van der Waals surface area contributed by atoms with Crippen molar-refractivity contribution in [2.45, 2.75) is 46.6 Å². The van der Waals surface area contributed by atoms with Gasteiger partial charge in [-0.3, -0.25) is 0 Å². The molecule has 2 nitrogen and oxygen atoms in total. The largest absolute Gasteiger partial charge is 0.327 e. The molecule has 2 N–H and O–H groups in total. The number of hydrogen-bond acceptors (Lipinski definition) is 3. The first-order valence-electron chi connectivity index (χ1n) is 6.79. The molecule has 0 spiro atoms. The molecule has 1 unspecified atom stereocenters. The third kappa shape index (κ3) is 3.23. The van der Waals surface area contributed by atoms with Crippen LogP contribution in [0.5, 0.6) is 0 Å². The molecule has 0 aliphatic heterocycles. The fourth-order valence-electron chi connectivity index (χ4n) is 2.13. The number of aryl methyl sites for hydroxylation is 3. The summed E-state index contributed by atoms with van der Waals surface area (Å²) in [5.74, 6) is 0. The van der Waals surface area contributed by atoms with Crippen molar-refractivity contribution in [3.8, 4) is 11.3 Å². The van der Waals surface area contributed by atoms with Gasteiger partial charge in [0.25, 0.3) is 0 Å². The van der Waals surface area contributed by atoms with Crippen molar-refractivity contribution in [3.63, 3.8) is 0 Å². The molecular weight excluding hydrogens is 252 g/mol. The van der Waals surface area contributed by atoms with Crippen molar-refractivity contribution in [2.75, 3.05) is 0 Å². The zero-order valence-electron chi connectivity index (χ0n) is 12.2. The molecule has 0 saturated carbocycles. The molecule has 3 heteroatoms. The average molecular weight is 274 g/mol. The standard InChI is InChI=1S/C16H22N2S/c1-5-13(17)8-16-18-15(9-19-16)14-7-11(3)10(2)6-12(14)4/h6-7,9,13H,5,8,17H2,1-4H3. The summed E-state index contributed by atoms with van der Waals surface area (Å²) in [6, 6.07) is 4.70. The van der Waals surface area contributed by atoms with Crippen LogP contribution in [-0.4, -0.2) is 11.0 Å². The van der Waals surface area contributed by atoms with Gasteiger partial charge in [-0.2, -0.15) is 0 Å². The van der Waals surface area contributed by atoms with Crippen LogP contribution in [0.2, 0.25) is 0 Å². The van der Waals surface area contributed by atoms with Gasteiger partial charge in [0.1, 0.15) is 0 Å². The maximum absolute atomic E-state index is 5.99. The Morgan fingerprint density at radius 3 is 2.53 bits per heavy atom. The topological polar surface area (TPSA) is 38.9 Å². The van der Waals surface area contributed by atoms with Crippen molar-refractivity contribution >= 4 is 11.3 Å². The van der Waals surface area contributed by atoms with E-state index in [2.05, 4.69) is 45.2 Å². The van der Waals surface area contributed by atoms with E-state index >= 15 is 0 Å². The van der Waals surface area contributed by atoms with Crippen molar-refractivity contribution < 1.29 is 0 Å². The summed E-state index contributed by atoms with van der Waals surface area (Å²) in [6.45, 7) is 8.57. The molecule has 0 fully saturated rings. The van der Waals surface area contributed by atoms with Gasteiger partial charge in [-0.1, -0.05) is 13.0 Å². The summed E-state index contributed by atoms with van der Waals surface area (Å²) in [4.78, 5) is 4.74. The van der Waals surface area contributed by atoms with Crippen LogP contribution in [0.15, 0.2) is 17.5 Å². The van der Waals surface area contributed by atoms with Crippen LogP contribution in [0.4, 0.5) is 0 Å². The first-order valence-corrected chi connectivity index (χ1v) is 7.67. The van der Waals surface area contributed by atoms with Crippen LogP contribution >= 0.6 is 11.3 Å². The van der Waals surface area contributed by atoms with Crippen molar-refractivity contribution in [1.82, 2.24) is 4.98 Å². The zero-order valence-corrected chi connectivity index (χ0v) is 13.0. The Kier molecular flexibility index (Phi) is 4.38. The molecule has 102 valence electrons. The Hall–Kier alpha value is -1.19. The lowest BCUT2D eigenvalue weighted by molar-refractivity contribution is 0.644. The highest BCUT2D eigenvalue weighted by molar-refractivity contribution is 7.09. The molecule has 19 heavy (non-hydrogen) atoms. The fourth-order valence-corrected chi connectivity index (χ4v) is 3.02. The quantitative estimate of drug-likeness (QED) is 0.914. The summed E-state index contributed by atoms with van der Waals surface area (Å²) in [7, 11) is 0. The normalized spacial score (nSPS) is 12.7. The molecule has 0 aliphatic rings. The van der Waals surface area contributed by atoms with E-state index in [-0.39, 0.29) is 6.04 Å². The zero-order chi connectivity index (χ0) is 14.0. The molecule has 1 heterocycles. The third-order valence-electron chi connectivity index (χ3n) is 3.63. The highest BCUT2D eigenvalue weighted by Crippen LogP contribution is 2.28. The highest BCUT2D eigenvalue weighted by atomic mass is 32.1. The number of thiazole rings is 1. The second kappa shape index (κ2) is 5.85. The van der Waals surface area contributed by atoms with Crippen LogP contribution in [0.25, 0.3) is 11.3 Å². The summed E-state index contributed by atoms with van der Waals surface area (Å²) < 4.78 is 0. The predicted octanol–water partition coefficient (Wildman–Crippen LogP) is 4.02. The number of nitrogens with two attached hydrogens (primary N) is 1.